The van der Waals surface area contributed by atoms with Crippen LogP contribution in [0.3, 0.4) is 0 Å². The molecule has 18 heavy (non-hydrogen) atoms. The lowest BCUT2D eigenvalue weighted by Gasteiger charge is -2.13. The fourth-order valence-corrected chi connectivity index (χ4v) is 1.43. The lowest BCUT2D eigenvalue weighted by atomic mass is 10.1. The zero-order valence-electron chi connectivity index (χ0n) is 10.6. The maximum atomic E-state index is 11.8. The number of aryl methyl sites for hydroxylation is 1. The normalized spacial score (nSPS) is 11.7. The summed E-state index contributed by atoms with van der Waals surface area (Å²) in [5, 5.41) is 11.5. The molecule has 0 aliphatic rings. The Bertz CT molecular complexity index is 466. The maximum absolute atomic E-state index is 11.8. The molecule has 0 aliphatic heterocycles. The Labute approximate surface area is 107 Å². The quantitative estimate of drug-likeness (QED) is 0.817. The first-order valence-corrected chi connectivity index (χ1v) is 5.64. The van der Waals surface area contributed by atoms with Gasteiger partial charge in [-0.3, -0.25) is 4.79 Å². The molecule has 5 heteroatoms. The van der Waals surface area contributed by atoms with E-state index < -0.39 is 6.04 Å². The van der Waals surface area contributed by atoms with E-state index in [1.165, 1.54) is 0 Å². The van der Waals surface area contributed by atoms with Crippen LogP contribution < -0.4 is 11.1 Å². The molecule has 0 saturated heterocycles. The third-order valence-corrected chi connectivity index (χ3v) is 2.59. The number of rotatable bonds is 5. The van der Waals surface area contributed by atoms with Gasteiger partial charge in [-0.15, -0.1) is 0 Å². The number of amides is 1. The molecular weight excluding hydrogens is 230 g/mol. The first kappa shape index (κ1) is 14.2. The number of nitrogens with two attached hydrogens (primary N) is 1. The molecule has 0 aromatic heterocycles. The van der Waals surface area contributed by atoms with Gasteiger partial charge in [-0.25, -0.2) is 0 Å². The van der Waals surface area contributed by atoms with Gasteiger partial charge in [-0.1, -0.05) is 6.07 Å². The monoisotopic (exact) mass is 247 g/mol. The van der Waals surface area contributed by atoms with Crippen LogP contribution in [0.25, 0.3) is 0 Å². The van der Waals surface area contributed by atoms with Gasteiger partial charge in [-0.2, -0.15) is 5.26 Å². The largest absolute Gasteiger partial charge is 0.385 e. The van der Waals surface area contributed by atoms with Gasteiger partial charge >= 0.3 is 0 Å². The Morgan fingerprint density at radius 1 is 1.61 bits per heavy atom. The molecule has 1 aromatic rings. The van der Waals surface area contributed by atoms with Crippen molar-refractivity contribution in [3.63, 3.8) is 0 Å². The number of anilines is 1. The van der Waals surface area contributed by atoms with Gasteiger partial charge in [0.15, 0.2) is 0 Å². The Kier molecular flexibility index (Phi) is 5.31. The van der Waals surface area contributed by atoms with Gasteiger partial charge in [0.1, 0.15) is 0 Å². The SMILES string of the molecule is COCCC(N)C(=O)Nc1cc(C#N)ccc1C. The van der Waals surface area contributed by atoms with Crippen molar-refractivity contribution in [3.8, 4) is 6.07 Å². The van der Waals surface area contributed by atoms with E-state index in [0.717, 1.165) is 5.56 Å². The van der Waals surface area contributed by atoms with Gasteiger partial charge in [0.2, 0.25) is 5.91 Å². The minimum Gasteiger partial charge on any atom is -0.385 e. The molecule has 0 aliphatic carbocycles. The third-order valence-electron chi connectivity index (χ3n) is 2.59. The molecule has 0 saturated carbocycles. The molecule has 1 rings (SSSR count). The van der Waals surface area contributed by atoms with Crippen molar-refractivity contribution in [2.45, 2.75) is 19.4 Å². The zero-order chi connectivity index (χ0) is 13.5. The summed E-state index contributed by atoms with van der Waals surface area (Å²) in [5.41, 5.74) is 7.72. The lowest BCUT2D eigenvalue weighted by molar-refractivity contribution is -0.117. The van der Waals surface area contributed by atoms with Gasteiger partial charge in [0.05, 0.1) is 17.7 Å². The van der Waals surface area contributed by atoms with Crippen molar-refractivity contribution in [2.75, 3.05) is 19.0 Å². The highest BCUT2D eigenvalue weighted by molar-refractivity contribution is 5.95. The van der Waals surface area contributed by atoms with Crippen LogP contribution in [0.4, 0.5) is 5.69 Å². The second-order valence-electron chi connectivity index (χ2n) is 4.02. The van der Waals surface area contributed by atoms with E-state index in [-0.39, 0.29) is 5.91 Å². The van der Waals surface area contributed by atoms with Crippen LogP contribution in [0.5, 0.6) is 0 Å². The van der Waals surface area contributed by atoms with E-state index in [4.69, 9.17) is 15.7 Å². The van der Waals surface area contributed by atoms with Crippen LogP contribution in [0.2, 0.25) is 0 Å². The van der Waals surface area contributed by atoms with Crippen molar-refractivity contribution in [1.29, 1.82) is 5.26 Å². The molecule has 1 unspecified atom stereocenters. The number of methoxy groups -OCH3 is 1. The minimum absolute atomic E-state index is 0.273. The summed E-state index contributed by atoms with van der Waals surface area (Å²) in [6, 6.07) is 6.54. The number of benzene rings is 1. The number of nitrogens with one attached hydrogen (secondary N) is 1. The van der Waals surface area contributed by atoms with Gasteiger partial charge < -0.3 is 15.8 Å². The molecule has 0 heterocycles. The molecule has 3 N–H and O–H groups in total. The molecule has 1 atom stereocenters. The topological polar surface area (TPSA) is 88.1 Å². The number of hydrogen-bond donors (Lipinski definition) is 2. The van der Waals surface area contributed by atoms with Crippen LogP contribution in [-0.2, 0) is 9.53 Å². The van der Waals surface area contributed by atoms with E-state index in [1.807, 2.05) is 13.0 Å². The molecule has 1 aromatic carbocycles. The molecular formula is C13H17N3O2. The van der Waals surface area contributed by atoms with E-state index in [1.54, 1.807) is 25.3 Å². The second-order valence-corrected chi connectivity index (χ2v) is 4.02. The number of hydrogen-bond acceptors (Lipinski definition) is 4. The molecule has 0 radical (unpaired) electrons. The number of carbonyl (C=O) groups is 1. The van der Waals surface area contributed by atoms with Crippen molar-refractivity contribution >= 4 is 11.6 Å². The summed E-state index contributed by atoms with van der Waals surface area (Å²) >= 11 is 0. The number of nitriles is 1. The van der Waals surface area contributed by atoms with Crippen molar-refractivity contribution < 1.29 is 9.53 Å². The fraction of sp³-hybridized carbons (Fsp3) is 0.385. The number of carbonyl (C=O) groups excluding carboxylic acids is 1. The van der Waals surface area contributed by atoms with Crippen molar-refractivity contribution in [2.24, 2.45) is 5.73 Å². The second kappa shape index (κ2) is 6.74. The summed E-state index contributed by atoms with van der Waals surface area (Å²) in [6.07, 6.45) is 0.458. The molecule has 0 fully saturated rings. The van der Waals surface area contributed by atoms with Gasteiger partial charge in [0.25, 0.3) is 0 Å². The van der Waals surface area contributed by atoms with Crippen LogP contribution >= 0.6 is 0 Å². The van der Waals surface area contributed by atoms with Crippen molar-refractivity contribution in [1.82, 2.24) is 0 Å². The maximum Gasteiger partial charge on any atom is 0.241 e. The van der Waals surface area contributed by atoms with Crippen LogP contribution in [0.1, 0.15) is 17.5 Å². The first-order chi connectivity index (χ1) is 8.58. The summed E-state index contributed by atoms with van der Waals surface area (Å²) in [7, 11) is 1.56. The molecule has 0 bridgehead atoms. The predicted molar refractivity (Wildman–Crippen MR) is 69.0 cm³/mol. The standard InChI is InChI=1S/C13H17N3O2/c1-9-3-4-10(8-14)7-12(9)16-13(17)11(15)5-6-18-2/h3-4,7,11H,5-6,15H2,1-2H3,(H,16,17). The predicted octanol–water partition coefficient (Wildman–Crippen LogP) is 1.17. The Balaban J connectivity index is 2.72. The zero-order valence-corrected chi connectivity index (χ0v) is 10.6. The van der Waals surface area contributed by atoms with E-state index in [2.05, 4.69) is 5.32 Å². The lowest BCUT2D eigenvalue weighted by Crippen LogP contribution is -2.36. The average Bonchev–Trinajstić information content (AvgIpc) is 2.38. The first-order valence-electron chi connectivity index (χ1n) is 5.64. The van der Waals surface area contributed by atoms with Crippen LogP contribution in [-0.4, -0.2) is 25.7 Å². The van der Waals surface area contributed by atoms with E-state index in [0.29, 0.717) is 24.3 Å². The highest BCUT2D eigenvalue weighted by Gasteiger charge is 2.14. The number of ether oxygens (including phenoxy) is 1. The van der Waals surface area contributed by atoms with Crippen LogP contribution in [0, 0.1) is 18.3 Å². The molecule has 5 nitrogen and oxygen atoms in total. The smallest absolute Gasteiger partial charge is 0.241 e. The van der Waals surface area contributed by atoms with E-state index in [9.17, 15) is 4.79 Å². The van der Waals surface area contributed by atoms with Gasteiger partial charge in [0, 0.05) is 19.4 Å². The highest BCUT2D eigenvalue weighted by Crippen LogP contribution is 2.16. The molecule has 0 spiro atoms. The summed E-state index contributed by atoms with van der Waals surface area (Å²) in [4.78, 5) is 11.8. The average molecular weight is 247 g/mol. The summed E-state index contributed by atoms with van der Waals surface area (Å²) in [6.45, 7) is 2.29. The number of nitrogens with zero attached hydrogens (tertiary/aromatic N) is 1. The highest BCUT2D eigenvalue weighted by atomic mass is 16.5. The Morgan fingerprint density at radius 2 is 2.33 bits per heavy atom. The Morgan fingerprint density at radius 3 is 2.94 bits per heavy atom. The van der Waals surface area contributed by atoms with Gasteiger partial charge in [-0.05, 0) is 31.0 Å². The van der Waals surface area contributed by atoms with E-state index >= 15 is 0 Å². The fourth-order valence-electron chi connectivity index (χ4n) is 1.43. The van der Waals surface area contributed by atoms with Crippen LogP contribution in [0.15, 0.2) is 18.2 Å². The van der Waals surface area contributed by atoms with Crippen molar-refractivity contribution in [3.05, 3.63) is 29.3 Å². The summed E-state index contributed by atoms with van der Waals surface area (Å²) < 4.78 is 4.87. The molecule has 96 valence electrons. The molecule has 1 amide bonds. The Hall–Kier alpha value is -1.90. The minimum atomic E-state index is -0.616. The third kappa shape index (κ3) is 3.84. The summed E-state index contributed by atoms with van der Waals surface area (Å²) in [5.74, 6) is -0.273.